The first-order valence-electron chi connectivity index (χ1n) is 5.60. The van der Waals surface area contributed by atoms with Gasteiger partial charge in [-0.3, -0.25) is 9.59 Å². The fourth-order valence-electron chi connectivity index (χ4n) is 1.35. The molecular weight excluding hydrogens is 222 g/mol. The van der Waals surface area contributed by atoms with Crippen molar-refractivity contribution in [2.24, 2.45) is 5.41 Å². The molecule has 0 atom stereocenters. The van der Waals surface area contributed by atoms with Gasteiger partial charge in [-0.1, -0.05) is 0 Å². The van der Waals surface area contributed by atoms with Gasteiger partial charge >= 0.3 is 0 Å². The second-order valence-electron chi connectivity index (χ2n) is 4.04. The maximum Gasteiger partial charge on any atom is 0.240 e. The van der Waals surface area contributed by atoms with Crippen LogP contribution in [-0.2, 0) is 14.3 Å². The highest BCUT2D eigenvalue weighted by molar-refractivity contribution is 5.88. The zero-order valence-electron chi connectivity index (χ0n) is 9.91. The standard InChI is InChI=1S/C11H17N3O3/c1-17-7-6-13-9(15)2-5-14-10(16)11(8-12)3-4-11/h2-7H2,1H3,(H,13,15)(H,14,16). The number of nitrogens with one attached hydrogen (secondary N) is 2. The van der Waals surface area contributed by atoms with Gasteiger partial charge in [-0.05, 0) is 12.8 Å². The highest BCUT2D eigenvalue weighted by atomic mass is 16.5. The summed E-state index contributed by atoms with van der Waals surface area (Å²) in [6.45, 7) is 1.20. The molecule has 94 valence electrons. The Morgan fingerprint density at radius 1 is 1.35 bits per heavy atom. The molecule has 0 aromatic heterocycles. The molecule has 0 saturated heterocycles. The van der Waals surface area contributed by atoms with E-state index in [1.165, 1.54) is 0 Å². The second kappa shape index (κ2) is 6.21. The number of carbonyl (C=O) groups is 2. The topological polar surface area (TPSA) is 91.2 Å². The van der Waals surface area contributed by atoms with Crippen molar-refractivity contribution in [3.63, 3.8) is 0 Å². The van der Waals surface area contributed by atoms with Crippen molar-refractivity contribution in [3.8, 4) is 6.07 Å². The third-order valence-electron chi connectivity index (χ3n) is 2.66. The number of amides is 2. The van der Waals surface area contributed by atoms with Crippen LogP contribution in [-0.4, -0.2) is 38.6 Å². The summed E-state index contributed by atoms with van der Waals surface area (Å²) in [4.78, 5) is 22.8. The van der Waals surface area contributed by atoms with E-state index in [9.17, 15) is 9.59 Å². The SMILES string of the molecule is COCCNC(=O)CCNC(=O)C1(C#N)CC1. The van der Waals surface area contributed by atoms with Crippen molar-refractivity contribution < 1.29 is 14.3 Å². The van der Waals surface area contributed by atoms with Gasteiger partial charge in [0.15, 0.2) is 0 Å². The Morgan fingerprint density at radius 3 is 2.59 bits per heavy atom. The predicted molar refractivity (Wildman–Crippen MR) is 59.8 cm³/mol. The average Bonchev–Trinajstić information content (AvgIpc) is 3.10. The van der Waals surface area contributed by atoms with Crippen LogP contribution in [0.15, 0.2) is 0 Å². The number of methoxy groups -OCH3 is 1. The third-order valence-corrected chi connectivity index (χ3v) is 2.66. The number of hydrogen-bond donors (Lipinski definition) is 2. The summed E-state index contributed by atoms with van der Waals surface area (Å²) in [6, 6.07) is 2.00. The van der Waals surface area contributed by atoms with Gasteiger partial charge in [0.25, 0.3) is 0 Å². The van der Waals surface area contributed by atoms with E-state index in [1.807, 2.05) is 6.07 Å². The minimum absolute atomic E-state index is 0.135. The smallest absolute Gasteiger partial charge is 0.240 e. The van der Waals surface area contributed by atoms with Crippen LogP contribution in [0.4, 0.5) is 0 Å². The Labute approximate surface area is 100 Å². The number of nitrogens with zero attached hydrogens (tertiary/aromatic N) is 1. The lowest BCUT2D eigenvalue weighted by molar-refractivity contribution is -0.124. The predicted octanol–water partition coefficient (Wildman–Crippen LogP) is -0.441. The lowest BCUT2D eigenvalue weighted by Gasteiger charge is -2.08. The largest absolute Gasteiger partial charge is 0.383 e. The molecule has 0 aromatic rings. The van der Waals surface area contributed by atoms with Gasteiger partial charge in [0.2, 0.25) is 11.8 Å². The monoisotopic (exact) mass is 239 g/mol. The molecule has 0 heterocycles. The van der Waals surface area contributed by atoms with Crippen molar-refractivity contribution in [2.45, 2.75) is 19.3 Å². The van der Waals surface area contributed by atoms with Gasteiger partial charge in [-0.25, -0.2) is 0 Å². The van der Waals surface area contributed by atoms with Gasteiger partial charge in [-0.15, -0.1) is 0 Å². The highest BCUT2D eigenvalue weighted by Gasteiger charge is 2.50. The van der Waals surface area contributed by atoms with Gasteiger partial charge in [0, 0.05) is 26.6 Å². The third kappa shape index (κ3) is 4.04. The van der Waals surface area contributed by atoms with Crippen LogP contribution >= 0.6 is 0 Å². The lowest BCUT2D eigenvalue weighted by Crippen LogP contribution is -2.35. The van der Waals surface area contributed by atoms with Crippen molar-refractivity contribution in [1.29, 1.82) is 5.26 Å². The summed E-state index contributed by atoms with van der Waals surface area (Å²) >= 11 is 0. The van der Waals surface area contributed by atoms with E-state index in [0.29, 0.717) is 26.0 Å². The van der Waals surface area contributed by atoms with Gasteiger partial charge in [0.1, 0.15) is 5.41 Å². The number of hydrogen-bond acceptors (Lipinski definition) is 4. The molecular formula is C11H17N3O3. The van der Waals surface area contributed by atoms with Gasteiger partial charge in [-0.2, -0.15) is 5.26 Å². The Balaban J connectivity index is 2.10. The molecule has 1 saturated carbocycles. The van der Waals surface area contributed by atoms with E-state index in [1.54, 1.807) is 7.11 Å². The first kappa shape index (κ1) is 13.5. The molecule has 17 heavy (non-hydrogen) atoms. The van der Waals surface area contributed by atoms with E-state index in [-0.39, 0.29) is 24.8 Å². The fourth-order valence-corrected chi connectivity index (χ4v) is 1.35. The van der Waals surface area contributed by atoms with Crippen LogP contribution in [0.25, 0.3) is 0 Å². The molecule has 0 spiro atoms. The maximum absolute atomic E-state index is 11.5. The Hall–Kier alpha value is -1.61. The molecule has 1 aliphatic rings. The van der Waals surface area contributed by atoms with Gasteiger partial charge in [0.05, 0.1) is 12.7 Å². The molecule has 2 amide bonds. The fraction of sp³-hybridized carbons (Fsp3) is 0.727. The molecule has 0 unspecified atom stereocenters. The quantitative estimate of drug-likeness (QED) is 0.589. The van der Waals surface area contributed by atoms with Crippen LogP contribution < -0.4 is 10.6 Å². The Kier molecular flexibility index (Phi) is 4.91. The van der Waals surface area contributed by atoms with E-state index < -0.39 is 5.41 Å². The molecule has 1 aliphatic carbocycles. The first-order chi connectivity index (χ1) is 8.14. The molecule has 2 N–H and O–H groups in total. The summed E-state index contributed by atoms with van der Waals surface area (Å²) in [7, 11) is 1.56. The number of nitriles is 1. The van der Waals surface area contributed by atoms with E-state index in [4.69, 9.17) is 10.00 Å². The molecule has 0 radical (unpaired) electrons. The van der Waals surface area contributed by atoms with Crippen molar-refractivity contribution >= 4 is 11.8 Å². The molecule has 0 bridgehead atoms. The Bertz CT molecular complexity index is 331. The molecule has 6 nitrogen and oxygen atoms in total. The van der Waals surface area contributed by atoms with Crippen LogP contribution in [0.5, 0.6) is 0 Å². The summed E-state index contributed by atoms with van der Waals surface area (Å²) in [5.74, 6) is -0.395. The molecule has 0 aromatic carbocycles. The lowest BCUT2D eigenvalue weighted by atomic mass is 10.1. The Morgan fingerprint density at radius 2 is 2.06 bits per heavy atom. The number of carbonyl (C=O) groups excluding carboxylic acids is 2. The normalized spacial score (nSPS) is 15.8. The zero-order chi connectivity index (χ0) is 12.7. The van der Waals surface area contributed by atoms with Crippen LogP contribution in [0.1, 0.15) is 19.3 Å². The summed E-state index contributed by atoms with van der Waals surface area (Å²) < 4.78 is 4.78. The first-order valence-corrected chi connectivity index (χ1v) is 5.60. The molecule has 1 fully saturated rings. The van der Waals surface area contributed by atoms with Crippen LogP contribution in [0.2, 0.25) is 0 Å². The molecule has 1 rings (SSSR count). The minimum Gasteiger partial charge on any atom is -0.383 e. The van der Waals surface area contributed by atoms with E-state index in [2.05, 4.69) is 10.6 Å². The minimum atomic E-state index is -0.813. The van der Waals surface area contributed by atoms with E-state index in [0.717, 1.165) is 0 Å². The molecule has 6 heteroatoms. The molecule has 0 aliphatic heterocycles. The maximum atomic E-state index is 11.5. The zero-order valence-corrected chi connectivity index (χ0v) is 9.91. The number of ether oxygens (including phenoxy) is 1. The van der Waals surface area contributed by atoms with E-state index >= 15 is 0 Å². The van der Waals surface area contributed by atoms with Crippen molar-refractivity contribution in [2.75, 3.05) is 26.8 Å². The second-order valence-corrected chi connectivity index (χ2v) is 4.04. The highest BCUT2D eigenvalue weighted by Crippen LogP contribution is 2.44. The number of rotatable bonds is 7. The average molecular weight is 239 g/mol. The van der Waals surface area contributed by atoms with Gasteiger partial charge < -0.3 is 15.4 Å². The van der Waals surface area contributed by atoms with Crippen LogP contribution in [0.3, 0.4) is 0 Å². The van der Waals surface area contributed by atoms with Crippen molar-refractivity contribution in [3.05, 3.63) is 0 Å². The van der Waals surface area contributed by atoms with Crippen LogP contribution in [0, 0.1) is 16.7 Å². The summed E-state index contributed by atoms with van der Waals surface area (Å²) in [5.41, 5.74) is -0.813. The van der Waals surface area contributed by atoms with Crippen molar-refractivity contribution in [1.82, 2.24) is 10.6 Å². The summed E-state index contributed by atoms with van der Waals surface area (Å²) in [6.07, 6.45) is 1.46. The summed E-state index contributed by atoms with van der Waals surface area (Å²) in [5, 5.41) is 14.0.